The second-order valence-corrected chi connectivity index (χ2v) is 6.36. The molecule has 0 aliphatic heterocycles. The Morgan fingerprint density at radius 1 is 1.42 bits per heavy atom. The maximum absolute atomic E-state index is 13.1. The number of hydrogen-bond donors (Lipinski definition) is 2. The molecule has 2 atom stereocenters. The number of carbonyl (C=O) groups is 1. The maximum Gasteiger partial charge on any atom is 0.241 e. The quantitative estimate of drug-likeness (QED) is 0.812. The van der Waals surface area contributed by atoms with Crippen molar-refractivity contribution in [2.24, 2.45) is 5.41 Å². The largest absolute Gasteiger partial charge is 0.392 e. The lowest BCUT2D eigenvalue weighted by Gasteiger charge is -2.33. The summed E-state index contributed by atoms with van der Waals surface area (Å²) in [6, 6.07) is 6.29. The Kier molecular flexibility index (Phi) is 4.84. The van der Waals surface area contributed by atoms with Crippen LogP contribution in [0, 0.1) is 11.2 Å². The van der Waals surface area contributed by atoms with Crippen LogP contribution in [0.1, 0.15) is 24.8 Å². The van der Waals surface area contributed by atoms with Crippen LogP contribution in [0.25, 0.3) is 0 Å². The second-order valence-electron chi connectivity index (χ2n) is 6.36. The Morgan fingerprint density at radius 2 is 2.21 bits per heavy atom. The zero-order chi connectivity index (χ0) is 17.0. The number of amides is 1. The van der Waals surface area contributed by atoms with E-state index in [0.29, 0.717) is 19.4 Å². The fourth-order valence-corrected chi connectivity index (χ4v) is 3.33. The third kappa shape index (κ3) is 3.76. The number of aromatic nitrogens is 4. The minimum Gasteiger partial charge on any atom is -0.392 e. The highest BCUT2D eigenvalue weighted by Gasteiger charge is 2.42. The molecule has 3 rings (SSSR count). The van der Waals surface area contributed by atoms with Crippen LogP contribution in [0.3, 0.4) is 0 Å². The Balaban J connectivity index is 1.65. The lowest BCUT2D eigenvalue weighted by molar-refractivity contribution is -0.122. The topological polar surface area (TPSA) is 92.9 Å². The van der Waals surface area contributed by atoms with Crippen molar-refractivity contribution in [3.05, 3.63) is 42.0 Å². The molecule has 24 heavy (non-hydrogen) atoms. The first-order valence-electron chi connectivity index (χ1n) is 7.97. The first-order chi connectivity index (χ1) is 11.6. The van der Waals surface area contributed by atoms with Gasteiger partial charge in [-0.05, 0) is 47.4 Å². The predicted octanol–water partition coefficient (Wildman–Crippen LogP) is 0.702. The van der Waals surface area contributed by atoms with Gasteiger partial charge in [-0.3, -0.25) is 4.79 Å². The molecule has 1 aromatic carbocycles. The van der Waals surface area contributed by atoms with Crippen LogP contribution in [-0.2, 0) is 17.8 Å². The number of nitrogens with one attached hydrogen (secondary N) is 1. The van der Waals surface area contributed by atoms with Crippen molar-refractivity contribution in [2.45, 2.75) is 38.3 Å². The minimum atomic E-state index is -0.490. The van der Waals surface area contributed by atoms with Gasteiger partial charge in [0.2, 0.25) is 5.91 Å². The number of nitrogens with zero attached hydrogens (tertiary/aromatic N) is 4. The predicted molar refractivity (Wildman–Crippen MR) is 83.2 cm³/mol. The number of halogens is 1. The van der Waals surface area contributed by atoms with Crippen molar-refractivity contribution < 1.29 is 14.3 Å². The summed E-state index contributed by atoms with van der Waals surface area (Å²) in [5, 5.41) is 24.0. The van der Waals surface area contributed by atoms with Gasteiger partial charge in [-0.1, -0.05) is 18.6 Å². The zero-order valence-electron chi connectivity index (χ0n) is 13.2. The van der Waals surface area contributed by atoms with Gasteiger partial charge in [0.15, 0.2) is 0 Å². The summed E-state index contributed by atoms with van der Waals surface area (Å²) in [6.45, 7) is 0.405. The summed E-state index contributed by atoms with van der Waals surface area (Å²) in [7, 11) is 0. The summed E-state index contributed by atoms with van der Waals surface area (Å²) in [6.07, 6.45) is 3.92. The number of benzene rings is 1. The van der Waals surface area contributed by atoms with Gasteiger partial charge in [0.05, 0.1) is 6.10 Å². The molecule has 1 heterocycles. The summed E-state index contributed by atoms with van der Waals surface area (Å²) in [5.74, 6) is -0.491. The third-order valence-corrected chi connectivity index (χ3v) is 4.66. The number of carbonyl (C=O) groups excluding carboxylic acids is 1. The van der Waals surface area contributed by atoms with Crippen molar-refractivity contribution in [3.63, 3.8) is 0 Å². The molecule has 0 unspecified atom stereocenters. The summed E-state index contributed by atoms with van der Waals surface area (Å²) >= 11 is 0. The van der Waals surface area contributed by atoms with E-state index < -0.39 is 11.5 Å². The standard InChI is InChI=1S/C16H20FN5O2/c17-13-5-3-12(4-6-13)8-16(7-1-2-14(16)23)10-18-15(24)9-22-11-19-20-21-22/h3-6,11,14,23H,1-2,7-10H2,(H,18,24)/t14-,16+/m0/s1. The smallest absolute Gasteiger partial charge is 0.241 e. The van der Waals surface area contributed by atoms with E-state index in [-0.39, 0.29) is 18.3 Å². The Morgan fingerprint density at radius 3 is 2.83 bits per heavy atom. The van der Waals surface area contributed by atoms with E-state index in [2.05, 4.69) is 20.8 Å². The van der Waals surface area contributed by atoms with Crippen molar-refractivity contribution in [2.75, 3.05) is 6.54 Å². The highest BCUT2D eigenvalue weighted by atomic mass is 19.1. The molecule has 8 heteroatoms. The fourth-order valence-electron chi connectivity index (χ4n) is 3.33. The molecule has 1 aromatic heterocycles. The first-order valence-corrected chi connectivity index (χ1v) is 7.97. The van der Waals surface area contributed by atoms with E-state index in [4.69, 9.17) is 0 Å². The van der Waals surface area contributed by atoms with Crippen LogP contribution >= 0.6 is 0 Å². The van der Waals surface area contributed by atoms with Gasteiger partial charge < -0.3 is 10.4 Å². The highest BCUT2D eigenvalue weighted by Crippen LogP contribution is 2.40. The van der Waals surface area contributed by atoms with Gasteiger partial charge in [0.1, 0.15) is 18.7 Å². The third-order valence-electron chi connectivity index (χ3n) is 4.66. The molecule has 0 bridgehead atoms. The molecular weight excluding hydrogens is 313 g/mol. The van der Waals surface area contributed by atoms with Gasteiger partial charge >= 0.3 is 0 Å². The van der Waals surface area contributed by atoms with Crippen LogP contribution in [0.15, 0.2) is 30.6 Å². The minimum absolute atomic E-state index is 0.0374. The van der Waals surface area contributed by atoms with Crippen LogP contribution in [0.5, 0.6) is 0 Å². The van der Waals surface area contributed by atoms with Crippen molar-refractivity contribution in [1.29, 1.82) is 0 Å². The number of hydrogen-bond acceptors (Lipinski definition) is 5. The second kappa shape index (κ2) is 7.04. The van der Waals surface area contributed by atoms with E-state index in [9.17, 15) is 14.3 Å². The van der Waals surface area contributed by atoms with Crippen molar-refractivity contribution in [1.82, 2.24) is 25.5 Å². The van der Waals surface area contributed by atoms with E-state index in [1.54, 1.807) is 12.1 Å². The van der Waals surface area contributed by atoms with E-state index in [1.165, 1.54) is 23.1 Å². The summed E-state index contributed by atoms with van der Waals surface area (Å²) in [4.78, 5) is 12.1. The lowest BCUT2D eigenvalue weighted by Crippen LogP contribution is -2.44. The molecule has 2 N–H and O–H groups in total. The molecule has 0 saturated heterocycles. The number of aliphatic hydroxyl groups excluding tert-OH is 1. The summed E-state index contributed by atoms with van der Waals surface area (Å²) < 4.78 is 14.4. The van der Waals surface area contributed by atoms with Gasteiger partial charge in [-0.15, -0.1) is 5.10 Å². The molecule has 1 aliphatic carbocycles. The van der Waals surface area contributed by atoms with Gasteiger partial charge in [-0.25, -0.2) is 9.07 Å². The van der Waals surface area contributed by atoms with Crippen LogP contribution in [0.2, 0.25) is 0 Å². The number of tetrazole rings is 1. The molecule has 0 radical (unpaired) electrons. The van der Waals surface area contributed by atoms with Crippen molar-refractivity contribution >= 4 is 5.91 Å². The molecule has 1 saturated carbocycles. The van der Waals surface area contributed by atoms with Crippen LogP contribution in [0.4, 0.5) is 4.39 Å². The molecule has 1 amide bonds. The average molecular weight is 333 g/mol. The lowest BCUT2D eigenvalue weighted by atomic mass is 9.78. The molecule has 1 aliphatic rings. The van der Waals surface area contributed by atoms with Gasteiger partial charge in [0, 0.05) is 12.0 Å². The number of rotatable bonds is 6. The molecule has 0 spiro atoms. The monoisotopic (exact) mass is 333 g/mol. The molecule has 1 fully saturated rings. The highest BCUT2D eigenvalue weighted by molar-refractivity contribution is 5.75. The molecule has 7 nitrogen and oxygen atoms in total. The molecule has 128 valence electrons. The SMILES string of the molecule is O=C(Cn1cnnn1)NC[C@]1(Cc2ccc(F)cc2)CCC[C@@H]1O. The van der Waals surface area contributed by atoms with E-state index in [0.717, 1.165) is 18.4 Å². The van der Waals surface area contributed by atoms with Crippen LogP contribution < -0.4 is 5.32 Å². The Bertz CT molecular complexity index is 676. The fraction of sp³-hybridized carbons (Fsp3) is 0.500. The Hall–Kier alpha value is -2.35. The average Bonchev–Trinajstić information content (AvgIpc) is 3.19. The maximum atomic E-state index is 13.1. The Labute approximate surface area is 138 Å². The van der Waals surface area contributed by atoms with Gasteiger partial charge in [0.25, 0.3) is 0 Å². The molecular formula is C16H20FN5O2. The van der Waals surface area contributed by atoms with Gasteiger partial charge in [-0.2, -0.15) is 0 Å². The molecule has 2 aromatic rings. The summed E-state index contributed by atoms with van der Waals surface area (Å²) in [5.41, 5.74) is 0.528. The van der Waals surface area contributed by atoms with Crippen LogP contribution in [-0.4, -0.2) is 43.9 Å². The van der Waals surface area contributed by atoms with E-state index in [1.807, 2.05) is 0 Å². The normalized spacial score (nSPS) is 23.3. The first kappa shape index (κ1) is 16.5. The zero-order valence-corrected chi connectivity index (χ0v) is 13.2. The number of aliphatic hydroxyl groups is 1. The van der Waals surface area contributed by atoms with E-state index >= 15 is 0 Å². The van der Waals surface area contributed by atoms with Crippen molar-refractivity contribution in [3.8, 4) is 0 Å².